The van der Waals surface area contributed by atoms with E-state index in [0.717, 1.165) is 12.0 Å². The third-order valence-corrected chi connectivity index (χ3v) is 4.13. The molecule has 0 spiro atoms. The Balaban J connectivity index is 2.15. The molecule has 19 heavy (non-hydrogen) atoms. The van der Waals surface area contributed by atoms with Crippen molar-refractivity contribution in [2.75, 3.05) is 13.1 Å². The molecule has 1 aliphatic rings. The molecule has 1 fully saturated rings. The van der Waals surface area contributed by atoms with Gasteiger partial charge in [0.1, 0.15) is 5.78 Å². The van der Waals surface area contributed by atoms with Crippen molar-refractivity contribution in [3.8, 4) is 0 Å². The Kier molecular flexibility index (Phi) is 4.25. The minimum absolute atomic E-state index is 0.00824. The molecule has 0 bridgehead atoms. The number of piperidine rings is 1. The summed E-state index contributed by atoms with van der Waals surface area (Å²) in [5, 5.41) is 0.664. The minimum Gasteiger partial charge on any atom is -0.337 e. The predicted octanol–water partition coefficient (Wildman–Crippen LogP) is 3.09. The summed E-state index contributed by atoms with van der Waals surface area (Å²) < 4.78 is 0. The van der Waals surface area contributed by atoms with E-state index in [9.17, 15) is 9.59 Å². The maximum atomic E-state index is 12.4. The molecule has 3 nitrogen and oxygen atoms in total. The second-order valence-electron chi connectivity index (χ2n) is 5.04. The Bertz CT molecular complexity index is 513. The van der Waals surface area contributed by atoms with E-state index < -0.39 is 0 Å². The van der Waals surface area contributed by atoms with Crippen molar-refractivity contribution < 1.29 is 9.59 Å². The zero-order chi connectivity index (χ0) is 14.0. The van der Waals surface area contributed by atoms with Gasteiger partial charge in [0.2, 0.25) is 0 Å². The number of nitrogens with zero attached hydrogens (tertiary/aromatic N) is 1. The van der Waals surface area contributed by atoms with Gasteiger partial charge in [0.25, 0.3) is 5.91 Å². The molecule has 0 radical (unpaired) electrons. The first-order valence-electron chi connectivity index (χ1n) is 6.61. The van der Waals surface area contributed by atoms with E-state index in [1.807, 2.05) is 19.9 Å². The van der Waals surface area contributed by atoms with Gasteiger partial charge in [-0.25, -0.2) is 0 Å². The largest absolute Gasteiger partial charge is 0.337 e. The van der Waals surface area contributed by atoms with Crippen LogP contribution in [0.4, 0.5) is 0 Å². The van der Waals surface area contributed by atoms with Crippen molar-refractivity contribution >= 4 is 23.3 Å². The number of rotatable bonds is 2. The van der Waals surface area contributed by atoms with Crippen LogP contribution in [-0.2, 0) is 4.79 Å². The molecule has 1 aliphatic heterocycles. The highest BCUT2D eigenvalue weighted by Crippen LogP contribution is 2.21. The van der Waals surface area contributed by atoms with Crippen molar-refractivity contribution in [2.24, 2.45) is 5.92 Å². The summed E-state index contributed by atoms with van der Waals surface area (Å²) in [6, 6.07) is 5.30. The summed E-state index contributed by atoms with van der Waals surface area (Å²) in [4.78, 5) is 25.9. The van der Waals surface area contributed by atoms with Crippen LogP contribution in [0.1, 0.15) is 35.7 Å². The van der Waals surface area contributed by atoms with Gasteiger partial charge in [-0.05, 0) is 37.1 Å². The van der Waals surface area contributed by atoms with Gasteiger partial charge < -0.3 is 4.90 Å². The number of hydrogen-bond donors (Lipinski definition) is 0. The molecule has 1 unspecified atom stereocenters. The van der Waals surface area contributed by atoms with E-state index in [1.54, 1.807) is 17.0 Å². The average Bonchev–Trinajstić information content (AvgIpc) is 2.41. The standard InChI is InChI=1S/C15H18ClNO2/c1-3-11-9-17(7-6-14(11)18)15(19)12-4-5-13(16)10(2)8-12/h4-5,8,11H,3,6-7,9H2,1-2H3. The van der Waals surface area contributed by atoms with Crippen LogP contribution in [0.3, 0.4) is 0 Å². The van der Waals surface area contributed by atoms with Crippen molar-refractivity contribution in [1.82, 2.24) is 4.90 Å². The number of benzene rings is 1. The molecular weight excluding hydrogens is 262 g/mol. The summed E-state index contributed by atoms with van der Waals surface area (Å²) in [5.41, 5.74) is 1.54. The summed E-state index contributed by atoms with van der Waals surface area (Å²) in [6.07, 6.45) is 1.26. The van der Waals surface area contributed by atoms with Gasteiger partial charge in [-0.15, -0.1) is 0 Å². The SMILES string of the molecule is CCC1CN(C(=O)c2ccc(Cl)c(C)c2)CCC1=O. The maximum Gasteiger partial charge on any atom is 0.253 e. The molecule has 1 aromatic carbocycles. The van der Waals surface area contributed by atoms with E-state index in [4.69, 9.17) is 11.6 Å². The fourth-order valence-electron chi connectivity index (χ4n) is 2.41. The zero-order valence-electron chi connectivity index (χ0n) is 11.3. The highest BCUT2D eigenvalue weighted by atomic mass is 35.5. The van der Waals surface area contributed by atoms with Crippen molar-refractivity contribution in [1.29, 1.82) is 0 Å². The van der Waals surface area contributed by atoms with E-state index in [1.165, 1.54) is 0 Å². The lowest BCUT2D eigenvalue weighted by Crippen LogP contribution is -2.43. The molecule has 1 atom stereocenters. The molecular formula is C15H18ClNO2. The first kappa shape index (κ1) is 14.1. The highest BCUT2D eigenvalue weighted by Gasteiger charge is 2.29. The third-order valence-electron chi connectivity index (χ3n) is 3.71. The molecule has 0 N–H and O–H groups in total. The van der Waals surface area contributed by atoms with Gasteiger partial charge in [-0.3, -0.25) is 9.59 Å². The van der Waals surface area contributed by atoms with Crippen LogP contribution in [0, 0.1) is 12.8 Å². The van der Waals surface area contributed by atoms with Gasteiger partial charge in [-0.2, -0.15) is 0 Å². The Morgan fingerprint density at radius 2 is 2.21 bits per heavy atom. The van der Waals surface area contributed by atoms with Crippen molar-refractivity contribution in [3.05, 3.63) is 34.3 Å². The molecule has 0 aromatic heterocycles. The summed E-state index contributed by atoms with van der Waals surface area (Å²) in [7, 11) is 0. The highest BCUT2D eigenvalue weighted by molar-refractivity contribution is 6.31. The number of amides is 1. The van der Waals surface area contributed by atoms with Crippen LogP contribution >= 0.6 is 11.6 Å². The van der Waals surface area contributed by atoms with Crippen LogP contribution in [0.2, 0.25) is 5.02 Å². The molecule has 1 heterocycles. The molecule has 102 valence electrons. The first-order chi connectivity index (χ1) is 9.02. The average molecular weight is 280 g/mol. The zero-order valence-corrected chi connectivity index (χ0v) is 12.0. The quantitative estimate of drug-likeness (QED) is 0.834. The monoisotopic (exact) mass is 279 g/mol. The Morgan fingerprint density at radius 3 is 2.84 bits per heavy atom. The topological polar surface area (TPSA) is 37.4 Å². The number of hydrogen-bond acceptors (Lipinski definition) is 2. The van der Waals surface area contributed by atoms with Gasteiger partial charge >= 0.3 is 0 Å². The van der Waals surface area contributed by atoms with Gasteiger partial charge in [0, 0.05) is 36.0 Å². The molecule has 1 aromatic rings. The summed E-state index contributed by atoms with van der Waals surface area (Å²) >= 11 is 5.97. The normalized spacial score (nSPS) is 19.6. The number of carbonyl (C=O) groups is 2. The Hall–Kier alpha value is -1.35. The Morgan fingerprint density at radius 1 is 1.47 bits per heavy atom. The number of halogens is 1. The fraction of sp³-hybridized carbons (Fsp3) is 0.467. The van der Waals surface area contributed by atoms with Crippen molar-refractivity contribution in [2.45, 2.75) is 26.7 Å². The van der Waals surface area contributed by atoms with Crippen LogP contribution < -0.4 is 0 Å². The minimum atomic E-state index is -0.00860. The molecule has 2 rings (SSSR count). The maximum absolute atomic E-state index is 12.4. The van der Waals surface area contributed by atoms with E-state index >= 15 is 0 Å². The van der Waals surface area contributed by atoms with Crippen molar-refractivity contribution in [3.63, 3.8) is 0 Å². The number of Topliss-reactive ketones (excluding diaryl/α,β-unsaturated/α-hetero) is 1. The molecule has 0 aliphatic carbocycles. The molecule has 0 saturated carbocycles. The first-order valence-corrected chi connectivity index (χ1v) is 6.99. The van der Waals surface area contributed by atoms with E-state index in [0.29, 0.717) is 30.1 Å². The lowest BCUT2D eigenvalue weighted by Gasteiger charge is -2.31. The van der Waals surface area contributed by atoms with Gasteiger partial charge in [0.05, 0.1) is 0 Å². The van der Waals surface area contributed by atoms with Crippen LogP contribution in [0.5, 0.6) is 0 Å². The second kappa shape index (κ2) is 5.74. The smallest absolute Gasteiger partial charge is 0.253 e. The lowest BCUT2D eigenvalue weighted by molar-refractivity contribution is -0.125. The lowest BCUT2D eigenvalue weighted by atomic mass is 9.93. The Labute approximate surface area is 118 Å². The molecule has 4 heteroatoms. The summed E-state index contributed by atoms with van der Waals surface area (Å²) in [6.45, 7) is 4.93. The van der Waals surface area contributed by atoms with Gasteiger partial charge in [0.15, 0.2) is 0 Å². The third kappa shape index (κ3) is 2.98. The van der Waals surface area contributed by atoms with E-state index in [2.05, 4.69) is 0 Å². The van der Waals surface area contributed by atoms with Gasteiger partial charge in [-0.1, -0.05) is 18.5 Å². The molecule has 1 saturated heterocycles. The summed E-state index contributed by atoms with van der Waals surface area (Å²) in [5.74, 6) is 0.260. The van der Waals surface area contributed by atoms with E-state index in [-0.39, 0.29) is 17.6 Å². The van der Waals surface area contributed by atoms with Crippen LogP contribution in [-0.4, -0.2) is 29.7 Å². The van der Waals surface area contributed by atoms with Crippen LogP contribution in [0.15, 0.2) is 18.2 Å². The number of likely N-dealkylation sites (tertiary alicyclic amines) is 1. The fourth-order valence-corrected chi connectivity index (χ4v) is 2.53. The van der Waals surface area contributed by atoms with Crippen LogP contribution in [0.25, 0.3) is 0 Å². The predicted molar refractivity (Wildman–Crippen MR) is 75.5 cm³/mol. The molecule has 1 amide bonds. The number of carbonyl (C=O) groups excluding carboxylic acids is 2. The second-order valence-corrected chi connectivity index (χ2v) is 5.44. The number of aryl methyl sites for hydroxylation is 1. The number of ketones is 1.